The molecule has 1 N–H and O–H groups in total. The summed E-state index contributed by atoms with van der Waals surface area (Å²) in [4.78, 5) is 6.54. The molecule has 1 heterocycles. The fraction of sp³-hybridized carbons (Fsp3) is 0.650. The molecule has 2 aliphatic carbocycles. The molecule has 0 amide bonds. The zero-order chi connectivity index (χ0) is 19.0. The van der Waals surface area contributed by atoms with E-state index in [1.807, 2.05) is 7.05 Å². The van der Waals surface area contributed by atoms with E-state index in [9.17, 15) is 8.78 Å². The summed E-state index contributed by atoms with van der Waals surface area (Å²) in [5.41, 5.74) is 1.31. The van der Waals surface area contributed by atoms with E-state index in [1.54, 1.807) is 31.3 Å². The van der Waals surface area contributed by atoms with Crippen LogP contribution in [0.25, 0.3) is 0 Å². The maximum Gasteiger partial charge on any atom is 0.387 e. The van der Waals surface area contributed by atoms with Crippen LogP contribution in [0.2, 0.25) is 0 Å². The second-order valence-electron chi connectivity index (χ2n) is 7.88. The summed E-state index contributed by atoms with van der Waals surface area (Å²) >= 11 is 0. The monoisotopic (exact) mass is 507 g/mol. The molecule has 0 bridgehead atoms. The molecule has 0 radical (unpaired) electrons. The Morgan fingerprint density at radius 3 is 2.64 bits per heavy atom. The quantitative estimate of drug-likeness (QED) is 0.374. The van der Waals surface area contributed by atoms with Crippen LogP contribution in [-0.2, 0) is 11.3 Å². The second-order valence-corrected chi connectivity index (χ2v) is 7.88. The number of ether oxygens (including phenoxy) is 2. The number of hydrogen-bond acceptors (Lipinski definition) is 3. The van der Waals surface area contributed by atoms with Crippen molar-refractivity contribution in [2.75, 3.05) is 20.7 Å². The van der Waals surface area contributed by atoms with Crippen LogP contribution >= 0.6 is 24.0 Å². The average molecular weight is 507 g/mol. The molecule has 3 fully saturated rings. The Hall–Kier alpha value is -1.16. The molecule has 28 heavy (non-hydrogen) atoms. The Morgan fingerprint density at radius 2 is 2.07 bits per heavy atom. The number of benzene rings is 1. The van der Waals surface area contributed by atoms with Crippen molar-refractivity contribution >= 4 is 29.9 Å². The summed E-state index contributed by atoms with van der Waals surface area (Å²) in [6.45, 7) is -1.29. The van der Waals surface area contributed by atoms with Gasteiger partial charge in [0.1, 0.15) is 5.75 Å². The first-order valence-corrected chi connectivity index (χ1v) is 9.63. The van der Waals surface area contributed by atoms with Crippen molar-refractivity contribution in [1.29, 1.82) is 0 Å². The minimum absolute atomic E-state index is 0. The Kier molecular flexibility index (Phi) is 6.69. The standard InChI is InChI=1S/C20H27F2N3O2.HI/c1-23-19(24-16-15-8-11-26-17(15)20(16)9-3-10-20)25(2)12-13-4-6-14(7-5-13)27-18(21)22;/h4-7,15-18H,3,8-12H2,1-2H3,(H,23,24);1H. The van der Waals surface area contributed by atoms with Crippen LogP contribution in [0.15, 0.2) is 29.3 Å². The smallest absolute Gasteiger partial charge is 0.387 e. The molecule has 8 heteroatoms. The molecule has 2 saturated carbocycles. The molecule has 1 aromatic carbocycles. The van der Waals surface area contributed by atoms with Gasteiger partial charge in [-0.3, -0.25) is 4.99 Å². The normalized spacial score (nSPS) is 27.5. The van der Waals surface area contributed by atoms with Crippen molar-refractivity contribution in [3.63, 3.8) is 0 Å². The van der Waals surface area contributed by atoms with Crippen molar-refractivity contribution in [3.05, 3.63) is 29.8 Å². The minimum atomic E-state index is -2.80. The lowest BCUT2D eigenvalue weighted by Crippen LogP contribution is -2.72. The lowest BCUT2D eigenvalue weighted by Gasteiger charge is -2.63. The lowest BCUT2D eigenvalue weighted by molar-refractivity contribution is -0.171. The third kappa shape index (κ3) is 3.81. The van der Waals surface area contributed by atoms with E-state index in [-0.39, 0.29) is 29.7 Å². The number of fused-ring (bicyclic) bond motifs is 2. The van der Waals surface area contributed by atoms with Crippen LogP contribution in [0, 0.1) is 11.3 Å². The van der Waals surface area contributed by atoms with Crippen LogP contribution in [0.4, 0.5) is 8.78 Å². The van der Waals surface area contributed by atoms with Gasteiger partial charge in [-0.2, -0.15) is 8.78 Å². The Bertz CT molecular complexity index is 697. The van der Waals surface area contributed by atoms with Crippen molar-refractivity contribution in [2.24, 2.45) is 16.3 Å². The molecule has 1 aromatic rings. The van der Waals surface area contributed by atoms with Crippen LogP contribution in [-0.4, -0.2) is 50.3 Å². The lowest BCUT2D eigenvalue weighted by atomic mass is 9.46. The molecule has 156 valence electrons. The molecule has 3 atom stereocenters. The largest absolute Gasteiger partial charge is 0.435 e. The predicted molar refractivity (Wildman–Crippen MR) is 114 cm³/mol. The highest BCUT2D eigenvalue weighted by atomic mass is 127. The fourth-order valence-corrected chi connectivity index (χ4v) is 5.07. The van der Waals surface area contributed by atoms with E-state index >= 15 is 0 Å². The maximum absolute atomic E-state index is 12.3. The van der Waals surface area contributed by atoms with Crippen LogP contribution < -0.4 is 10.1 Å². The SMILES string of the molecule is CN=C(NC1C2CCOC2C12CCC2)N(C)Cc1ccc(OC(F)F)cc1.I. The van der Waals surface area contributed by atoms with Crippen molar-refractivity contribution in [3.8, 4) is 5.75 Å². The van der Waals surface area contributed by atoms with E-state index in [0.717, 1.165) is 24.6 Å². The van der Waals surface area contributed by atoms with Gasteiger partial charge in [0.2, 0.25) is 0 Å². The van der Waals surface area contributed by atoms with E-state index < -0.39 is 6.61 Å². The summed E-state index contributed by atoms with van der Waals surface area (Å²) in [6, 6.07) is 7.18. The predicted octanol–water partition coefficient (Wildman–Crippen LogP) is 3.87. The Morgan fingerprint density at radius 1 is 1.36 bits per heavy atom. The minimum Gasteiger partial charge on any atom is -0.435 e. The van der Waals surface area contributed by atoms with Gasteiger partial charge in [0.05, 0.1) is 6.10 Å². The molecule has 0 aromatic heterocycles. The van der Waals surface area contributed by atoms with Crippen LogP contribution in [0.1, 0.15) is 31.2 Å². The summed E-state index contributed by atoms with van der Waals surface area (Å²) in [6.07, 6.45) is 5.30. The highest BCUT2D eigenvalue weighted by Crippen LogP contribution is 2.62. The number of nitrogens with one attached hydrogen (secondary N) is 1. The topological polar surface area (TPSA) is 46.1 Å². The molecule has 1 saturated heterocycles. The number of halogens is 3. The van der Waals surface area contributed by atoms with Gasteiger partial charge >= 0.3 is 6.61 Å². The molecule has 1 spiro atoms. The van der Waals surface area contributed by atoms with E-state index in [1.165, 1.54) is 19.3 Å². The van der Waals surface area contributed by atoms with Gasteiger partial charge in [0, 0.05) is 44.6 Å². The number of aliphatic imine (C=N–C) groups is 1. The van der Waals surface area contributed by atoms with Gasteiger partial charge in [-0.05, 0) is 37.0 Å². The van der Waals surface area contributed by atoms with E-state index in [0.29, 0.717) is 30.0 Å². The Balaban J connectivity index is 0.00000225. The highest BCUT2D eigenvalue weighted by molar-refractivity contribution is 14.0. The fourth-order valence-electron chi connectivity index (χ4n) is 5.07. The molecule has 4 rings (SSSR count). The van der Waals surface area contributed by atoms with Crippen molar-refractivity contribution < 1.29 is 18.3 Å². The maximum atomic E-state index is 12.3. The highest BCUT2D eigenvalue weighted by Gasteiger charge is 2.66. The van der Waals surface area contributed by atoms with Gasteiger partial charge in [0.15, 0.2) is 5.96 Å². The first-order valence-electron chi connectivity index (χ1n) is 9.63. The Labute approximate surface area is 181 Å². The number of guanidine groups is 1. The summed E-state index contributed by atoms with van der Waals surface area (Å²) in [7, 11) is 3.79. The first kappa shape index (κ1) is 21.5. The van der Waals surface area contributed by atoms with Gasteiger partial charge in [0.25, 0.3) is 0 Å². The molecule has 3 unspecified atom stereocenters. The molecule has 5 nitrogen and oxygen atoms in total. The van der Waals surface area contributed by atoms with E-state index in [2.05, 4.69) is 19.9 Å². The van der Waals surface area contributed by atoms with Gasteiger partial charge < -0.3 is 19.7 Å². The van der Waals surface area contributed by atoms with Crippen molar-refractivity contribution in [1.82, 2.24) is 10.2 Å². The number of nitrogens with zero attached hydrogens (tertiary/aromatic N) is 2. The second kappa shape index (κ2) is 8.69. The number of alkyl halides is 2. The summed E-state index contributed by atoms with van der Waals surface area (Å²) in [5.74, 6) is 1.62. The van der Waals surface area contributed by atoms with Crippen molar-refractivity contribution in [2.45, 2.75) is 51.0 Å². The third-order valence-corrected chi connectivity index (χ3v) is 6.46. The number of rotatable bonds is 5. The molecule has 1 aliphatic heterocycles. The zero-order valence-electron chi connectivity index (χ0n) is 16.2. The van der Waals surface area contributed by atoms with Gasteiger partial charge in [-0.15, -0.1) is 24.0 Å². The zero-order valence-corrected chi connectivity index (χ0v) is 18.6. The first-order chi connectivity index (χ1) is 13.0. The molecular formula is C20H28F2IN3O2. The van der Waals surface area contributed by atoms with Crippen LogP contribution in [0.3, 0.4) is 0 Å². The molecule has 3 aliphatic rings. The third-order valence-electron chi connectivity index (χ3n) is 6.46. The summed E-state index contributed by atoms with van der Waals surface area (Å²) < 4.78 is 34.9. The average Bonchev–Trinajstić information content (AvgIpc) is 3.00. The van der Waals surface area contributed by atoms with Gasteiger partial charge in [-0.25, -0.2) is 0 Å². The van der Waals surface area contributed by atoms with E-state index in [4.69, 9.17) is 4.74 Å². The van der Waals surface area contributed by atoms with Gasteiger partial charge in [-0.1, -0.05) is 18.6 Å². The molecular weight excluding hydrogens is 479 g/mol. The summed E-state index contributed by atoms with van der Waals surface area (Å²) in [5, 5.41) is 3.70. The number of hydrogen-bond donors (Lipinski definition) is 1. The van der Waals surface area contributed by atoms with Crippen LogP contribution in [0.5, 0.6) is 5.75 Å².